The average molecular weight is 280 g/mol. The molecule has 3 rings (SSSR count). The summed E-state index contributed by atoms with van der Waals surface area (Å²) < 4.78 is 5.77. The van der Waals surface area contributed by atoms with Gasteiger partial charge >= 0.3 is 0 Å². The minimum Gasteiger partial charge on any atom is -0.381 e. The quantitative estimate of drug-likeness (QED) is 0.702. The lowest BCUT2D eigenvalue weighted by Crippen LogP contribution is -2.46. The largest absolute Gasteiger partial charge is 0.381 e. The van der Waals surface area contributed by atoms with E-state index < -0.39 is 0 Å². The van der Waals surface area contributed by atoms with E-state index in [1.807, 2.05) is 0 Å². The zero-order valence-electron chi connectivity index (χ0n) is 13.4. The van der Waals surface area contributed by atoms with Crippen molar-refractivity contribution in [1.82, 2.24) is 10.2 Å². The van der Waals surface area contributed by atoms with Gasteiger partial charge in [0.25, 0.3) is 0 Å². The van der Waals surface area contributed by atoms with Crippen molar-refractivity contribution in [1.29, 1.82) is 0 Å². The third-order valence-electron chi connectivity index (χ3n) is 5.03. The first kappa shape index (κ1) is 14.8. The molecule has 3 fully saturated rings. The first-order valence-electron chi connectivity index (χ1n) is 8.69. The van der Waals surface area contributed by atoms with E-state index in [1.54, 1.807) is 0 Å². The third kappa shape index (κ3) is 4.19. The molecule has 0 amide bonds. The van der Waals surface area contributed by atoms with Gasteiger partial charge in [0.1, 0.15) is 0 Å². The summed E-state index contributed by atoms with van der Waals surface area (Å²) in [5.74, 6) is 1.75. The van der Waals surface area contributed by atoms with E-state index in [0.29, 0.717) is 5.41 Å². The average Bonchev–Trinajstić information content (AvgIpc) is 3.29. The molecule has 1 atom stereocenters. The fraction of sp³-hybridized carbons (Fsp3) is 1.00. The minimum atomic E-state index is 0.381. The second-order valence-electron chi connectivity index (χ2n) is 7.93. The van der Waals surface area contributed by atoms with Gasteiger partial charge < -0.3 is 10.1 Å². The number of ether oxygens (including phenoxy) is 1. The molecule has 3 heteroatoms. The lowest BCUT2D eigenvalue weighted by atomic mass is 9.86. The van der Waals surface area contributed by atoms with Crippen LogP contribution >= 0.6 is 0 Å². The monoisotopic (exact) mass is 280 g/mol. The van der Waals surface area contributed by atoms with Crippen molar-refractivity contribution < 1.29 is 4.74 Å². The van der Waals surface area contributed by atoms with Gasteiger partial charge in [0, 0.05) is 37.7 Å². The Morgan fingerprint density at radius 1 is 1.25 bits per heavy atom. The van der Waals surface area contributed by atoms with E-state index in [2.05, 4.69) is 24.1 Å². The second kappa shape index (κ2) is 6.33. The molecule has 1 aliphatic heterocycles. The second-order valence-corrected chi connectivity index (χ2v) is 7.93. The van der Waals surface area contributed by atoms with Crippen LogP contribution in [0.2, 0.25) is 0 Å². The van der Waals surface area contributed by atoms with Crippen molar-refractivity contribution in [2.75, 3.05) is 39.4 Å². The van der Waals surface area contributed by atoms with Gasteiger partial charge in [-0.15, -0.1) is 0 Å². The van der Waals surface area contributed by atoms with Gasteiger partial charge in [-0.3, -0.25) is 4.90 Å². The Morgan fingerprint density at radius 2 is 2.05 bits per heavy atom. The van der Waals surface area contributed by atoms with Crippen molar-refractivity contribution >= 4 is 0 Å². The van der Waals surface area contributed by atoms with Gasteiger partial charge in [0.15, 0.2) is 0 Å². The molecule has 0 spiro atoms. The van der Waals surface area contributed by atoms with Gasteiger partial charge in [-0.2, -0.15) is 0 Å². The lowest BCUT2D eigenvalue weighted by Gasteiger charge is -2.35. The SMILES string of the molecule is CC(C)CNCC1(CN(CC2CC2)C2CC2)CCOC1. The van der Waals surface area contributed by atoms with Gasteiger partial charge in [-0.05, 0) is 50.5 Å². The van der Waals surface area contributed by atoms with Crippen LogP contribution < -0.4 is 5.32 Å². The molecule has 20 heavy (non-hydrogen) atoms. The zero-order chi connectivity index (χ0) is 14.0. The van der Waals surface area contributed by atoms with Crippen LogP contribution in [0.1, 0.15) is 46.0 Å². The van der Waals surface area contributed by atoms with E-state index >= 15 is 0 Å². The number of rotatable bonds is 9. The highest BCUT2D eigenvalue weighted by Gasteiger charge is 2.41. The molecule has 3 aliphatic rings. The number of hydrogen-bond acceptors (Lipinski definition) is 3. The zero-order valence-corrected chi connectivity index (χ0v) is 13.4. The van der Waals surface area contributed by atoms with Crippen LogP contribution in [0, 0.1) is 17.3 Å². The topological polar surface area (TPSA) is 24.5 Å². The third-order valence-corrected chi connectivity index (χ3v) is 5.03. The lowest BCUT2D eigenvalue weighted by molar-refractivity contribution is 0.101. The first-order chi connectivity index (χ1) is 9.67. The highest BCUT2D eigenvalue weighted by Crippen LogP contribution is 2.38. The minimum absolute atomic E-state index is 0.381. The van der Waals surface area contributed by atoms with Gasteiger partial charge in [-0.25, -0.2) is 0 Å². The molecule has 2 saturated carbocycles. The highest BCUT2D eigenvalue weighted by molar-refractivity contribution is 4.95. The van der Waals surface area contributed by atoms with Gasteiger partial charge in [0.2, 0.25) is 0 Å². The van der Waals surface area contributed by atoms with Crippen molar-refractivity contribution in [3.8, 4) is 0 Å². The summed E-state index contributed by atoms with van der Waals surface area (Å²) in [6.45, 7) is 11.4. The molecule has 0 radical (unpaired) electrons. The summed E-state index contributed by atoms with van der Waals surface area (Å²) >= 11 is 0. The molecule has 1 unspecified atom stereocenters. The van der Waals surface area contributed by atoms with Crippen molar-refractivity contribution in [3.05, 3.63) is 0 Å². The van der Waals surface area contributed by atoms with Crippen LogP contribution in [-0.4, -0.2) is 50.3 Å². The van der Waals surface area contributed by atoms with E-state index in [1.165, 1.54) is 45.2 Å². The number of nitrogens with one attached hydrogen (secondary N) is 1. The molecule has 2 aliphatic carbocycles. The Bertz CT molecular complexity index is 304. The van der Waals surface area contributed by atoms with Crippen molar-refractivity contribution in [3.63, 3.8) is 0 Å². The van der Waals surface area contributed by atoms with Crippen LogP contribution in [-0.2, 0) is 4.74 Å². The maximum absolute atomic E-state index is 5.77. The molecule has 0 aromatic heterocycles. The fourth-order valence-electron chi connectivity index (χ4n) is 3.44. The maximum Gasteiger partial charge on any atom is 0.0547 e. The molecule has 1 N–H and O–H groups in total. The molecule has 0 bridgehead atoms. The molecular formula is C17H32N2O. The summed E-state index contributed by atoms with van der Waals surface area (Å²) in [6.07, 6.45) is 7.05. The van der Waals surface area contributed by atoms with Crippen molar-refractivity contribution in [2.24, 2.45) is 17.3 Å². The normalized spacial score (nSPS) is 30.6. The summed E-state index contributed by atoms with van der Waals surface area (Å²) in [7, 11) is 0. The van der Waals surface area contributed by atoms with Gasteiger partial charge in [-0.1, -0.05) is 13.8 Å². The van der Waals surface area contributed by atoms with Crippen LogP contribution in [0.25, 0.3) is 0 Å². The molecule has 0 aromatic rings. The van der Waals surface area contributed by atoms with E-state index in [-0.39, 0.29) is 0 Å². The molecule has 116 valence electrons. The fourth-order valence-corrected chi connectivity index (χ4v) is 3.44. The standard InChI is InChI=1S/C17H32N2O/c1-14(2)9-18-11-17(7-8-20-13-17)12-19(16-5-6-16)10-15-3-4-15/h14-16,18H,3-13H2,1-2H3. The Hall–Kier alpha value is -0.120. The molecule has 0 aromatic carbocycles. The molecule has 1 heterocycles. The summed E-state index contributed by atoms with van der Waals surface area (Å²) in [6, 6.07) is 0.901. The Labute approximate surface area is 124 Å². The number of nitrogens with zero attached hydrogens (tertiary/aromatic N) is 1. The molecule has 3 nitrogen and oxygen atoms in total. The first-order valence-corrected chi connectivity index (χ1v) is 8.69. The Balaban J connectivity index is 1.53. The molecular weight excluding hydrogens is 248 g/mol. The summed E-state index contributed by atoms with van der Waals surface area (Å²) in [5.41, 5.74) is 0.381. The van der Waals surface area contributed by atoms with Crippen LogP contribution in [0.5, 0.6) is 0 Å². The van der Waals surface area contributed by atoms with E-state index in [4.69, 9.17) is 4.74 Å². The van der Waals surface area contributed by atoms with Crippen molar-refractivity contribution in [2.45, 2.75) is 52.0 Å². The Morgan fingerprint density at radius 3 is 2.60 bits per heavy atom. The smallest absolute Gasteiger partial charge is 0.0547 e. The van der Waals surface area contributed by atoms with E-state index in [9.17, 15) is 0 Å². The van der Waals surface area contributed by atoms with Crippen LogP contribution in [0.15, 0.2) is 0 Å². The molecule has 1 saturated heterocycles. The summed E-state index contributed by atoms with van der Waals surface area (Å²) in [4.78, 5) is 2.81. The maximum atomic E-state index is 5.77. The summed E-state index contributed by atoms with van der Waals surface area (Å²) in [5, 5.41) is 3.69. The van der Waals surface area contributed by atoms with E-state index in [0.717, 1.165) is 44.2 Å². The predicted molar refractivity (Wildman–Crippen MR) is 82.9 cm³/mol. The van der Waals surface area contributed by atoms with Crippen LogP contribution in [0.4, 0.5) is 0 Å². The van der Waals surface area contributed by atoms with Crippen LogP contribution in [0.3, 0.4) is 0 Å². The Kier molecular flexibility index (Phi) is 4.68. The predicted octanol–water partition coefficient (Wildman–Crippen LogP) is 2.51. The number of hydrogen-bond donors (Lipinski definition) is 1. The van der Waals surface area contributed by atoms with Gasteiger partial charge in [0.05, 0.1) is 6.61 Å². The highest BCUT2D eigenvalue weighted by atomic mass is 16.5.